The topological polar surface area (TPSA) is 123 Å². The van der Waals surface area contributed by atoms with E-state index in [0.717, 1.165) is 18.4 Å². The van der Waals surface area contributed by atoms with Crippen molar-refractivity contribution in [1.29, 1.82) is 0 Å². The number of anilines is 1. The van der Waals surface area contributed by atoms with Gasteiger partial charge in [0.05, 0.1) is 23.3 Å². The number of esters is 1. The van der Waals surface area contributed by atoms with Crippen LogP contribution in [-0.2, 0) is 10.0 Å². The van der Waals surface area contributed by atoms with E-state index in [1.807, 2.05) is 6.92 Å². The van der Waals surface area contributed by atoms with Crippen LogP contribution in [0.25, 0.3) is 0 Å². The number of unbranched alkanes of at least 4 members (excludes halogenated alkanes) is 1. The Bertz CT molecular complexity index is 1630. The van der Waals surface area contributed by atoms with Gasteiger partial charge in [-0.15, -0.1) is 0 Å². The zero-order valence-electron chi connectivity index (χ0n) is 23.2. The number of sulfonamides is 1. The summed E-state index contributed by atoms with van der Waals surface area (Å²) < 4.78 is 38.6. The molecule has 216 valence electrons. The van der Waals surface area contributed by atoms with Crippen molar-refractivity contribution in [3.05, 3.63) is 119 Å². The Morgan fingerprint density at radius 3 is 2.07 bits per heavy atom. The molecule has 0 spiro atoms. The summed E-state index contributed by atoms with van der Waals surface area (Å²) in [5.41, 5.74) is 5.09. The lowest BCUT2D eigenvalue weighted by molar-refractivity contribution is 0.0734. The van der Waals surface area contributed by atoms with E-state index in [1.54, 1.807) is 60.7 Å². The second-order valence-corrected chi connectivity index (χ2v) is 11.1. The normalized spacial score (nSPS) is 11.2. The molecule has 0 bridgehead atoms. The zero-order chi connectivity index (χ0) is 30.0. The lowest BCUT2D eigenvalue weighted by atomic mass is 10.2. The van der Waals surface area contributed by atoms with E-state index >= 15 is 0 Å². The highest BCUT2D eigenvalue weighted by Gasteiger charge is 2.14. The van der Waals surface area contributed by atoms with Crippen LogP contribution in [-0.4, -0.2) is 33.1 Å². The van der Waals surface area contributed by atoms with Crippen molar-refractivity contribution in [2.24, 2.45) is 5.10 Å². The van der Waals surface area contributed by atoms with Crippen molar-refractivity contribution in [3.63, 3.8) is 0 Å². The first-order valence-electron chi connectivity index (χ1n) is 13.3. The van der Waals surface area contributed by atoms with Gasteiger partial charge in [0.15, 0.2) is 0 Å². The van der Waals surface area contributed by atoms with Crippen molar-refractivity contribution < 1.29 is 27.5 Å². The van der Waals surface area contributed by atoms with Gasteiger partial charge in [0, 0.05) is 11.3 Å². The van der Waals surface area contributed by atoms with Gasteiger partial charge >= 0.3 is 5.97 Å². The molecule has 10 heteroatoms. The minimum absolute atomic E-state index is 0.147. The molecule has 0 fully saturated rings. The predicted octanol–water partition coefficient (Wildman–Crippen LogP) is 5.96. The highest BCUT2D eigenvalue weighted by atomic mass is 32.2. The van der Waals surface area contributed by atoms with Crippen LogP contribution in [0.5, 0.6) is 11.5 Å². The summed E-state index contributed by atoms with van der Waals surface area (Å²) in [4.78, 5) is 25.0. The molecule has 0 radical (unpaired) electrons. The SMILES string of the molecule is CCCCOc1ccc(C(=O)Oc2ccc(/C=N/NC(=O)c3ccc(NS(=O)(=O)c4ccc(C)cc4)cc3)cc2)cc1. The number of amides is 1. The molecule has 42 heavy (non-hydrogen) atoms. The fourth-order valence-corrected chi connectivity index (χ4v) is 4.72. The smallest absolute Gasteiger partial charge is 0.343 e. The van der Waals surface area contributed by atoms with E-state index in [2.05, 4.69) is 22.2 Å². The zero-order valence-corrected chi connectivity index (χ0v) is 24.1. The fraction of sp³-hybridized carbons (Fsp3) is 0.156. The molecule has 0 aliphatic rings. The van der Waals surface area contributed by atoms with Crippen LogP contribution in [0.4, 0.5) is 5.69 Å². The van der Waals surface area contributed by atoms with E-state index in [1.165, 1.54) is 42.6 Å². The van der Waals surface area contributed by atoms with E-state index in [9.17, 15) is 18.0 Å². The highest BCUT2D eigenvalue weighted by Crippen LogP contribution is 2.18. The van der Waals surface area contributed by atoms with Crippen LogP contribution < -0.4 is 19.6 Å². The standard InChI is InChI=1S/C32H31N3O6S/c1-3-4-21-40-28-17-11-26(12-18-28)32(37)41-29-15-7-24(8-16-29)22-33-34-31(36)25-9-13-27(14-10-25)35-42(38,39)30-19-5-23(2)6-20-30/h5-20,22,35H,3-4,21H2,1-2H3,(H,34,36)/b33-22+. The first-order chi connectivity index (χ1) is 20.2. The molecular formula is C32H31N3O6S. The molecule has 0 aromatic heterocycles. The Kier molecular flexibility index (Phi) is 10.1. The summed E-state index contributed by atoms with van der Waals surface area (Å²) in [5.74, 6) is 0.112. The molecule has 4 aromatic carbocycles. The molecule has 1 amide bonds. The van der Waals surface area contributed by atoms with Gasteiger partial charge < -0.3 is 9.47 Å². The maximum absolute atomic E-state index is 12.6. The highest BCUT2D eigenvalue weighted by molar-refractivity contribution is 7.92. The van der Waals surface area contributed by atoms with Crippen molar-refractivity contribution in [1.82, 2.24) is 5.43 Å². The number of carbonyl (C=O) groups is 2. The molecular weight excluding hydrogens is 554 g/mol. The summed E-state index contributed by atoms with van der Waals surface area (Å²) in [6.45, 7) is 4.60. The number of aryl methyl sites for hydroxylation is 1. The minimum Gasteiger partial charge on any atom is -0.494 e. The van der Waals surface area contributed by atoms with Crippen molar-refractivity contribution >= 4 is 33.8 Å². The molecule has 9 nitrogen and oxygen atoms in total. The fourth-order valence-electron chi connectivity index (χ4n) is 3.66. The van der Waals surface area contributed by atoms with Gasteiger partial charge in [-0.05, 0) is 104 Å². The summed E-state index contributed by atoms with van der Waals surface area (Å²) in [6, 6.07) is 25.9. The van der Waals surface area contributed by atoms with E-state index < -0.39 is 21.9 Å². The molecule has 0 aliphatic heterocycles. The first-order valence-corrected chi connectivity index (χ1v) is 14.8. The lowest BCUT2D eigenvalue weighted by Gasteiger charge is -2.09. The quantitative estimate of drug-likeness (QED) is 0.0696. The molecule has 4 rings (SSSR count). The Morgan fingerprint density at radius 1 is 0.810 bits per heavy atom. The van der Waals surface area contributed by atoms with Crippen molar-refractivity contribution in [3.8, 4) is 11.5 Å². The van der Waals surface area contributed by atoms with E-state index in [-0.39, 0.29) is 4.90 Å². The third-order valence-electron chi connectivity index (χ3n) is 6.06. The number of carbonyl (C=O) groups excluding carboxylic acids is 2. The maximum atomic E-state index is 12.6. The molecule has 0 saturated carbocycles. The second kappa shape index (κ2) is 14.1. The maximum Gasteiger partial charge on any atom is 0.343 e. The van der Waals surface area contributed by atoms with Gasteiger partial charge in [0.2, 0.25) is 0 Å². The number of benzene rings is 4. The Morgan fingerprint density at radius 2 is 1.43 bits per heavy atom. The molecule has 0 saturated heterocycles. The lowest BCUT2D eigenvalue weighted by Crippen LogP contribution is -2.18. The summed E-state index contributed by atoms with van der Waals surface area (Å²) in [6.07, 6.45) is 3.46. The molecule has 0 aliphatic carbocycles. The van der Waals surface area contributed by atoms with Crippen LogP contribution in [0, 0.1) is 6.92 Å². The van der Waals surface area contributed by atoms with Gasteiger partial charge in [0.25, 0.3) is 15.9 Å². The summed E-state index contributed by atoms with van der Waals surface area (Å²) >= 11 is 0. The summed E-state index contributed by atoms with van der Waals surface area (Å²) in [7, 11) is -3.74. The molecule has 0 heterocycles. The Balaban J connectivity index is 1.26. The van der Waals surface area contributed by atoms with Gasteiger partial charge in [-0.1, -0.05) is 31.0 Å². The third-order valence-corrected chi connectivity index (χ3v) is 7.45. The van der Waals surface area contributed by atoms with Gasteiger partial charge in [-0.3, -0.25) is 9.52 Å². The second-order valence-electron chi connectivity index (χ2n) is 9.38. The van der Waals surface area contributed by atoms with Gasteiger partial charge in [-0.25, -0.2) is 18.6 Å². The molecule has 2 N–H and O–H groups in total. The third kappa shape index (κ3) is 8.52. The molecule has 0 atom stereocenters. The number of rotatable bonds is 12. The van der Waals surface area contributed by atoms with Crippen LogP contribution in [0.2, 0.25) is 0 Å². The molecule has 4 aromatic rings. The number of hydrogen-bond donors (Lipinski definition) is 2. The van der Waals surface area contributed by atoms with Gasteiger partial charge in [-0.2, -0.15) is 5.10 Å². The monoisotopic (exact) mass is 585 g/mol. The van der Waals surface area contributed by atoms with Crippen LogP contribution in [0.15, 0.2) is 107 Å². The average Bonchev–Trinajstić information content (AvgIpc) is 2.99. The van der Waals surface area contributed by atoms with E-state index in [0.29, 0.717) is 40.5 Å². The predicted molar refractivity (Wildman–Crippen MR) is 162 cm³/mol. The Hall–Kier alpha value is -4.96. The number of hydrogen-bond acceptors (Lipinski definition) is 7. The van der Waals surface area contributed by atoms with Gasteiger partial charge in [0.1, 0.15) is 11.5 Å². The summed E-state index contributed by atoms with van der Waals surface area (Å²) in [5, 5.41) is 3.96. The first kappa shape index (κ1) is 30.0. The number of hydrazone groups is 1. The van der Waals surface area contributed by atoms with Crippen LogP contribution in [0.3, 0.4) is 0 Å². The average molecular weight is 586 g/mol. The van der Waals surface area contributed by atoms with Crippen LogP contribution in [0.1, 0.15) is 51.6 Å². The molecule has 0 unspecified atom stereocenters. The number of nitrogens with one attached hydrogen (secondary N) is 2. The van der Waals surface area contributed by atoms with Crippen molar-refractivity contribution in [2.45, 2.75) is 31.6 Å². The van der Waals surface area contributed by atoms with Crippen molar-refractivity contribution in [2.75, 3.05) is 11.3 Å². The number of nitrogens with zero attached hydrogens (tertiary/aromatic N) is 1. The van der Waals surface area contributed by atoms with E-state index in [4.69, 9.17) is 9.47 Å². The number of ether oxygens (including phenoxy) is 2. The minimum atomic E-state index is -3.74. The Labute approximate surface area is 245 Å². The van der Waals surface area contributed by atoms with Crippen LogP contribution >= 0.6 is 0 Å². The largest absolute Gasteiger partial charge is 0.494 e.